The zero-order valence-corrected chi connectivity index (χ0v) is 15.5. The van der Waals surface area contributed by atoms with Crippen molar-refractivity contribution in [1.29, 1.82) is 0 Å². The molecule has 0 atom stereocenters. The van der Waals surface area contributed by atoms with Gasteiger partial charge in [-0.05, 0) is 20.9 Å². The van der Waals surface area contributed by atoms with E-state index in [-0.39, 0.29) is 12.5 Å². The summed E-state index contributed by atoms with van der Waals surface area (Å²) in [6, 6.07) is 5.28. The molecule has 1 heterocycles. The molecule has 1 N–H and O–H groups in total. The fourth-order valence-corrected chi connectivity index (χ4v) is 2.63. The Bertz CT molecular complexity index is 705. The highest BCUT2D eigenvalue weighted by atomic mass is 16.5. The van der Waals surface area contributed by atoms with E-state index in [1.807, 2.05) is 29.7 Å². The van der Waals surface area contributed by atoms with Crippen LogP contribution in [0.4, 0.5) is 5.69 Å². The van der Waals surface area contributed by atoms with Crippen molar-refractivity contribution in [3.63, 3.8) is 0 Å². The van der Waals surface area contributed by atoms with Crippen LogP contribution in [0.15, 0.2) is 24.4 Å². The largest absolute Gasteiger partial charge is 0.497 e. The second-order valence-corrected chi connectivity index (χ2v) is 5.89. The highest BCUT2D eigenvalue weighted by Crippen LogP contribution is 2.25. The molecule has 2 aromatic rings. The fraction of sp³-hybridized carbons (Fsp3) is 0.444. The Kier molecular flexibility index (Phi) is 6.41. The van der Waals surface area contributed by atoms with E-state index in [1.165, 1.54) is 0 Å². The summed E-state index contributed by atoms with van der Waals surface area (Å²) in [6.07, 6.45) is 1.86. The van der Waals surface area contributed by atoms with Gasteiger partial charge in [-0.3, -0.25) is 14.4 Å². The van der Waals surface area contributed by atoms with Gasteiger partial charge in [0, 0.05) is 48.2 Å². The Morgan fingerprint density at radius 1 is 1.24 bits per heavy atom. The van der Waals surface area contributed by atoms with Gasteiger partial charge in [-0.1, -0.05) is 0 Å². The molecule has 0 unspecified atom stereocenters. The first kappa shape index (κ1) is 18.8. The number of nitrogens with zero attached hydrogens (tertiary/aromatic N) is 3. The number of amides is 1. The fourth-order valence-electron chi connectivity index (χ4n) is 2.63. The molecule has 0 aliphatic carbocycles. The van der Waals surface area contributed by atoms with E-state index in [1.54, 1.807) is 32.4 Å². The van der Waals surface area contributed by atoms with Crippen molar-refractivity contribution >= 4 is 11.6 Å². The summed E-state index contributed by atoms with van der Waals surface area (Å²) in [5.74, 6) is 1.16. The number of benzene rings is 1. The lowest BCUT2D eigenvalue weighted by Gasteiger charge is -2.16. The van der Waals surface area contributed by atoms with Crippen LogP contribution in [0.3, 0.4) is 0 Å². The first-order chi connectivity index (χ1) is 12.0. The number of methoxy groups -OCH3 is 2. The number of carbonyl (C=O) groups is 1. The minimum absolute atomic E-state index is 0.0988. The van der Waals surface area contributed by atoms with Crippen LogP contribution >= 0.6 is 0 Å². The first-order valence-corrected chi connectivity index (χ1v) is 8.19. The summed E-state index contributed by atoms with van der Waals surface area (Å²) in [7, 11) is 5.06. The number of likely N-dealkylation sites (N-methyl/N-ethyl adjacent to an activating group) is 1. The van der Waals surface area contributed by atoms with E-state index >= 15 is 0 Å². The Balaban J connectivity index is 1.96. The Labute approximate surface area is 148 Å². The number of hydrogen-bond acceptors (Lipinski definition) is 5. The molecule has 1 aromatic carbocycles. The summed E-state index contributed by atoms with van der Waals surface area (Å²) in [5.41, 5.74) is 2.90. The van der Waals surface area contributed by atoms with E-state index in [0.29, 0.717) is 23.7 Å². The molecule has 136 valence electrons. The lowest BCUT2D eigenvalue weighted by atomic mass is 10.2. The quantitative estimate of drug-likeness (QED) is 0.794. The van der Waals surface area contributed by atoms with Gasteiger partial charge in [0.2, 0.25) is 5.91 Å². The third-order valence-corrected chi connectivity index (χ3v) is 3.99. The van der Waals surface area contributed by atoms with E-state index in [4.69, 9.17) is 9.47 Å². The molecule has 7 nitrogen and oxygen atoms in total. The van der Waals surface area contributed by atoms with E-state index in [9.17, 15) is 4.79 Å². The number of nitrogens with one attached hydrogen (secondary N) is 1. The van der Waals surface area contributed by atoms with Crippen LogP contribution in [-0.4, -0.2) is 48.4 Å². The molecule has 7 heteroatoms. The molecule has 0 aliphatic rings. The lowest BCUT2D eigenvalue weighted by molar-refractivity contribution is -0.117. The molecule has 0 aliphatic heterocycles. The normalized spacial score (nSPS) is 10.8. The van der Waals surface area contributed by atoms with Crippen molar-refractivity contribution < 1.29 is 14.3 Å². The molecule has 0 spiro atoms. The van der Waals surface area contributed by atoms with Gasteiger partial charge in [0.05, 0.1) is 27.0 Å². The maximum absolute atomic E-state index is 12.3. The summed E-state index contributed by atoms with van der Waals surface area (Å²) >= 11 is 0. The molecule has 25 heavy (non-hydrogen) atoms. The highest BCUT2D eigenvalue weighted by Gasteiger charge is 2.12. The maximum atomic E-state index is 12.3. The predicted octanol–water partition coefficient (Wildman–Crippen LogP) is 2.30. The van der Waals surface area contributed by atoms with Crippen LogP contribution in [0.1, 0.15) is 18.2 Å². The van der Waals surface area contributed by atoms with E-state index in [2.05, 4.69) is 17.3 Å². The topological polar surface area (TPSA) is 68.6 Å². The van der Waals surface area contributed by atoms with Crippen LogP contribution in [0, 0.1) is 6.92 Å². The van der Waals surface area contributed by atoms with Crippen molar-refractivity contribution in [1.82, 2.24) is 14.7 Å². The molecule has 0 fully saturated rings. The van der Waals surface area contributed by atoms with Crippen LogP contribution in [0.25, 0.3) is 0 Å². The molecule has 1 amide bonds. The van der Waals surface area contributed by atoms with Gasteiger partial charge in [0.25, 0.3) is 0 Å². The van der Waals surface area contributed by atoms with Gasteiger partial charge < -0.3 is 14.8 Å². The second-order valence-electron chi connectivity index (χ2n) is 5.89. The van der Waals surface area contributed by atoms with Crippen molar-refractivity contribution in [3.8, 4) is 11.5 Å². The van der Waals surface area contributed by atoms with Gasteiger partial charge in [0.1, 0.15) is 11.5 Å². The summed E-state index contributed by atoms with van der Waals surface area (Å²) in [6.45, 7) is 5.89. The molecule has 0 bridgehead atoms. The van der Waals surface area contributed by atoms with Gasteiger partial charge in [0.15, 0.2) is 0 Å². The van der Waals surface area contributed by atoms with Gasteiger partial charge in [-0.25, -0.2) is 0 Å². The lowest BCUT2D eigenvalue weighted by Crippen LogP contribution is -2.30. The number of hydrogen-bond donors (Lipinski definition) is 1. The molecule has 0 saturated carbocycles. The average Bonchev–Trinajstić information content (AvgIpc) is 2.93. The number of ether oxygens (including phenoxy) is 2. The van der Waals surface area contributed by atoms with E-state index < -0.39 is 0 Å². The summed E-state index contributed by atoms with van der Waals surface area (Å²) in [5, 5.41) is 7.21. The van der Waals surface area contributed by atoms with Crippen LogP contribution < -0.4 is 14.8 Å². The van der Waals surface area contributed by atoms with Gasteiger partial charge >= 0.3 is 0 Å². The third-order valence-electron chi connectivity index (χ3n) is 3.99. The average molecular weight is 346 g/mol. The van der Waals surface area contributed by atoms with Crippen LogP contribution in [0.5, 0.6) is 11.5 Å². The Morgan fingerprint density at radius 3 is 2.40 bits per heavy atom. The van der Waals surface area contributed by atoms with Crippen molar-refractivity contribution in [2.24, 2.45) is 0 Å². The number of aromatic nitrogens is 2. The third kappa shape index (κ3) is 4.96. The molecule has 2 rings (SSSR count). The van der Waals surface area contributed by atoms with Crippen LogP contribution in [0.2, 0.25) is 0 Å². The predicted molar refractivity (Wildman–Crippen MR) is 97.1 cm³/mol. The van der Waals surface area contributed by atoms with E-state index in [0.717, 1.165) is 17.8 Å². The van der Waals surface area contributed by atoms with Crippen molar-refractivity contribution in [2.45, 2.75) is 26.9 Å². The minimum atomic E-state index is -0.0988. The smallest absolute Gasteiger partial charge is 0.238 e. The summed E-state index contributed by atoms with van der Waals surface area (Å²) < 4.78 is 12.4. The Morgan fingerprint density at radius 2 is 1.88 bits per heavy atom. The minimum Gasteiger partial charge on any atom is -0.497 e. The second kappa shape index (κ2) is 8.53. The standard InChI is InChI=1S/C18H26N4O3/c1-6-22-13(2)14(10-19-22)11-21(3)12-18(23)20-15-7-16(24-4)9-17(8-15)25-5/h7-10H,6,11-12H2,1-5H3,(H,20,23). The van der Waals surface area contributed by atoms with Gasteiger partial charge in [-0.15, -0.1) is 0 Å². The summed E-state index contributed by atoms with van der Waals surface area (Å²) in [4.78, 5) is 14.3. The monoisotopic (exact) mass is 346 g/mol. The van der Waals surface area contributed by atoms with Crippen LogP contribution in [-0.2, 0) is 17.9 Å². The number of carbonyl (C=O) groups excluding carboxylic acids is 1. The highest BCUT2D eigenvalue weighted by molar-refractivity contribution is 5.92. The van der Waals surface area contributed by atoms with Crippen molar-refractivity contribution in [2.75, 3.05) is 33.1 Å². The molecular formula is C18H26N4O3. The first-order valence-electron chi connectivity index (χ1n) is 8.19. The maximum Gasteiger partial charge on any atom is 0.238 e. The molecule has 1 aromatic heterocycles. The molecule has 0 saturated heterocycles. The molecule has 0 radical (unpaired) electrons. The number of aryl methyl sites for hydroxylation is 1. The van der Waals surface area contributed by atoms with Gasteiger partial charge in [-0.2, -0.15) is 5.10 Å². The number of rotatable bonds is 8. The molecular weight excluding hydrogens is 320 g/mol. The zero-order valence-electron chi connectivity index (χ0n) is 15.5. The SMILES string of the molecule is CCn1ncc(CN(C)CC(=O)Nc2cc(OC)cc(OC)c2)c1C. The zero-order chi connectivity index (χ0) is 18.4. The number of anilines is 1. The Hall–Kier alpha value is -2.54. The van der Waals surface area contributed by atoms with Crippen molar-refractivity contribution in [3.05, 3.63) is 35.7 Å².